The van der Waals surface area contributed by atoms with Crippen molar-refractivity contribution in [2.45, 2.75) is 18.9 Å². The number of carboxylic acid groups (broad SMARTS) is 1. The molecule has 5 nitrogen and oxygen atoms in total. The van der Waals surface area contributed by atoms with Crippen molar-refractivity contribution in [1.82, 2.24) is 0 Å². The van der Waals surface area contributed by atoms with Crippen LogP contribution in [0.25, 0.3) is 0 Å². The molecule has 0 spiro atoms. The number of carbonyl (C=O) groups is 1. The molecule has 0 saturated carbocycles. The molecule has 0 radical (unpaired) electrons. The molecule has 0 bridgehead atoms. The van der Waals surface area contributed by atoms with Crippen LogP contribution >= 0.6 is 0 Å². The van der Waals surface area contributed by atoms with E-state index < -0.39 is 17.9 Å². The molecule has 0 fully saturated rings. The van der Waals surface area contributed by atoms with Crippen LogP contribution in [0.3, 0.4) is 0 Å². The van der Waals surface area contributed by atoms with Gasteiger partial charge in [-0.1, -0.05) is 0 Å². The van der Waals surface area contributed by atoms with E-state index >= 15 is 0 Å². The molecule has 6 heteroatoms. The number of carboxylic acids is 1. The van der Waals surface area contributed by atoms with E-state index in [9.17, 15) is 15.0 Å². The summed E-state index contributed by atoms with van der Waals surface area (Å²) in [5.74, 6) is -2.20. The molecular formula is C5H8N2O3Zn. The summed E-state index contributed by atoms with van der Waals surface area (Å²) in [4.78, 5) is 9.90. The second-order valence-electron chi connectivity index (χ2n) is 1.89. The van der Waals surface area contributed by atoms with Gasteiger partial charge >= 0.3 is 19.5 Å². The van der Waals surface area contributed by atoms with Crippen LogP contribution in [0.15, 0.2) is 0 Å². The van der Waals surface area contributed by atoms with Gasteiger partial charge in [0.05, 0.1) is 5.97 Å². The largest absolute Gasteiger partial charge is 2.00 e. The molecule has 0 aliphatic carbocycles. The number of aliphatic carboxylic acids is 1. The van der Waals surface area contributed by atoms with Crippen molar-refractivity contribution < 1.29 is 34.5 Å². The quantitative estimate of drug-likeness (QED) is 0.295. The topological polar surface area (TPSA) is 113 Å². The van der Waals surface area contributed by atoms with Gasteiger partial charge in [-0.3, -0.25) is 0 Å². The summed E-state index contributed by atoms with van der Waals surface area (Å²) in [7, 11) is 0. The first-order chi connectivity index (χ1) is 4.54. The van der Waals surface area contributed by atoms with Crippen LogP contribution in [0.1, 0.15) is 12.8 Å². The average Bonchev–Trinajstić information content (AvgIpc) is 1.82. The van der Waals surface area contributed by atoms with Crippen LogP contribution in [0.2, 0.25) is 0 Å². The van der Waals surface area contributed by atoms with E-state index in [-0.39, 0.29) is 32.3 Å². The van der Waals surface area contributed by atoms with Gasteiger partial charge in [-0.2, -0.15) is 0 Å². The molecule has 0 heterocycles. The van der Waals surface area contributed by atoms with Crippen molar-refractivity contribution in [3.05, 3.63) is 0 Å². The van der Waals surface area contributed by atoms with Crippen LogP contribution in [-0.4, -0.2) is 17.9 Å². The number of rotatable bonds is 4. The van der Waals surface area contributed by atoms with Crippen molar-refractivity contribution in [1.29, 1.82) is 5.41 Å². The Bertz CT molecular complexity index is 151. The maximum absolute atomic E-state index is 9.97. The zero-order valence-electron chi connectivity index (χ0n) is 6.00. The summed E-state index contributed by atoms with van der Waals surface area (Å²) in [6.45, 7) is 0. The van der Waals surface area contributed by atoms with E-state index in [1.165, 1.54) is 0 Å². The van der Waals surface area contributed by atoms with Crippen LogP contribution in [-0.2, 0) is 24.3 Å². The zero-order valence-corrected chi connectivity index (χ0v) is 8.97. The molecule has 11 heavy (non-hydrogen) atoms. The Morgan fingerprint density at radius 2 is 2.00 bits per heavy atom. The zero-order chi connectivity index (χ0) is 8.15. The summed E-state index contributed by atoms with van der Waals surface area (Å²) in [5.41, 5.74) is 4.97. The average molecular weight is 210 g/mol. The Morgan fingerprint density at radius 3 is 2.27 bits per heavy atom. The maximum Gasteiger partial charge on any atom is 2.00 e. The minimum atomic E-state index is -1.39. The molecule has 0 saturated heterocycles. The third kappa shape index (κ3) is 7.42. The molecule has 58 valence electrons. The van der Waals surface area contributed by atoms with Crippen LogP contribution in [0, 0.1) is 5.41 Å². The van der Waals surface area contributed by atoms with E-state index in [4.69, 9.17) is 11.1 Å². The summed E-state index contributed by atoms with van der Waals surface area (Å²) < 4.78 is 0. The minimum Gasteiger partial charge on any atom is -0.862 e. The molecule has 0 aliphatic heterocycles. The van der Waals surface area contributed by atoms with E-state index in [1.54, 1.807) is 0 Å². The third-order valence-electron chi connectivity index (χ3n) is 0.985. The Hall–Kier alpha value is -0.477. The Kier molecular flexibility index (Phi) is 7.46. The van der Waals surface area contributed by atoms with Gasteiger partial charge in [-0.05, 0) is 18.7 Å². The van der Waals surface area contributed by atoms with Crippen molar-refractivity contribution in [2.75, 3.05) is 0 Å². The second kappa shape index (κ2) is 6.25. The number of hydrogen-bond acceptors (Lipinski definition) is 5. The summed E-state index contributed by atoms with van der Waals surface area (Å²) in [6.07, 6.45) is -0.153. The van der Waals surface area contributed by atoms with Crippen LogP contribution < -0.4 is 15.9 Å². The minimum absolute atomic E-state index is 0. The van der Waals surface area contributed by atoms with Gasteiger partial charge in [0.1, 0.15) is 0 Å². The van der Waals surface area contributed by atoms with Gasteiger partial charge in [-0.15, -0.1) is 0 Å². The van der Waals surface area contributed by atoms with Crippen LogP contribution in [0.4, 0.5) is 0 Å². The normalized spacial score (nSPS) is 11.4. The fourth-order valence-electron chi connectivity index (χ4n) is 0.404. The smallest absolute Gasteiger partial charge is 0.862 e. The van der Waals surface area contributed by atoms with E-state index in [0.717, 1.165) is 0 Å². The first-order valence-corrected chi connectivity index (χ1v) is 2.75. The predicted molar refractivity (Wildman–Crippen MR) is 29.9 cm³/mol. The third-order valence-corrected chi connectivity index (χ3v) is 0.985. The first kappa shape index (κ1) is 13.1. The fraction of sp³-hybridized carbons (Fsp3) is 0.600. The second-order valence-corrected chi connectivity index (χ2v) is 1.89. The van der Waals surface area contributed by atoms with Crippen molar-refractivity contribution in [3.8, 4) is 0 Å². The van der Waals surface area contributed by atoms with Crippen molar-refractivity contribution in [2.24, 2.45) is 5.73 Å². The predicted octanol–water partition coefficient (Wildman–Crippen LogP) is -2.82. The van der Waals surface area contributed by atoms with Gasteiger partial charge in [0, 0.05) is 6.04 Å². The maximum atomic E-state index is 9.97. The molecule has 1 unspecified atom stereocenters. The van der Waals surface area contributed by atoms with Crippen molar-refractivity contribution in [3.63, 3.8) is 0 Å². The van der Waals surface area contributed by atoms with Gasteiger partial charge in [0.25, 0.3) is 0 Å². The summed E-state index contributed by atoms with van der Waals surface area (Å²) in [6, 6.07) is -1.13. The SMILES string of the molecule is N=C([O-])CCC(N)C(=O)[O-].[Zn+2]. The monoisotopic (exact) mass is 208 g/mol. The molecule has 0 aliphatic rings. The fourth-order valence-corrected chi connectivity index (χ4v) is 0.404. The number of nitrogens with one attached hydrogen (secondary N) is 1. The van der Waals surface area contributed by atoms with E-state index in [1.807, 2.05) is 0 Å². The molecule has 1 atom stereocenters. The van der Waals surface area contributed by atoms with Crippen LogP contribution in [0.5, 0.6) is 0 Å². The van der Waals surface area contributed by atoms with Gasteiger partial charge in [0.15, 0.2) is 0 Å². The number of carbonyl (C=O) groups excluding carboxylic acids is 1. The van der Waals surface area contributed by atoms with Gasteiger partial charge < -0.3 is 26.2 Å². The molecule has 0 rings (SSSR count). The number of nitrogens with two attached hydrogens (primary N) is 1. The van der Waals surface area contributed by atoms with Crippen molar-refractivity contribution >= 4 is 11.9 Å². The molecular weight excluding hydrogens is 201 g/mol. The van der Waals surface area contributed by atoms with E-state index in [0.29, 0.717) is 0 Å². The molecule has 0 aromatic carbocycles. The standard InChI is InChI=1S/C5H10N2O3.Zn/c6-3(5(9)10)1-2-4(7)8;/h3H,1-2,6H2,(H2,7,8)(H,9,10);/q;+2/p-2. The number of hydrogen-bond donors (Lipinski definition) is 2. The molecule has 0 aromatic rings. The molecule has 0 aromatic heterocycles. The Morgan fingerprint density at radius 1 is 1.55 bits per heavy atom. The Balaban J connectivity index is 0. The first-order valence-electron chi connectivity index (χ1n) is 2.75. The summed E-state index contributed by atoms with van der Waals surface area (Å²) in [5, 5.41) is 26.3. The summed E-state index contributed by atoms with van der Waals surface area (Å²) >= 11 is 0. The van der Waals surface area contributed by atoms with E-state index in [2.05, 4.69) is 0 Å². The van der Waals surface area contributed by atoms with Gasteiger partial charge in [0.2, 0.25) is 0 Å². The molecule has 0 amide bonds. The molecule has 3 N–H and O–H groups in total. The van der Waals surface area contributed by atoms with Gasteiger partial charge in [-0.25, -0.2) is 0 Å². The Labute approximate surface area is 76.9 Å².